The maximum absolute atomic E-state index is 12.2. The second-order valence-corrected chi connectivity index (χ2v) is 6.56. The molecule has 1 amide bonds. The zero-order chi connectivity index (χ0) is 15.8. The third-order valence-corrected chi connectivity index (χ3v) is 4.75. The summed E-state index contributed by atoms with van der Waals surface area (Å²) in [6, 6.07) is 5.59. The van der Waals surface area contributed by atoms with Crippen molar-refractivity contribution in [1.29, 1.82) is 0 Å². The van der Waals surface area contributed by atoms with Gasteiger partial charge in [0.1, 0.15) is 11.3 Å². The molecule has 1 aromatic carbocycles. The van der Waals surface area contributed by atoms with Gasteiger partial charge in [-0.25, -0.2) is 4.98 Å². The second-order valence-electron chi connectivity index (χ2n) is 5.70. The fraction of sp³-hybridized carbons (Fsp3) is 0.294. The van der Waals surface area contributed by atoms with E-state index in [-0.39, 0.29) is 12.3 Å². The van der Waals surface area contributed by atoms with E-state index in [0.29, 0.717) is 11.0 Å². The molecule has 2 aromatic heterocycles. The maximum Gasteiger partial charge on any atom is 0.230 e. The summed E-state index contributed by atoms with van der Waals surface area (Å²) in [4.78, 5) is 16.7. The van der Waals surface area contributed by atoms with Gasteiger partial charge in [0.25, 0.3) is 0 Å². The van der Waals surface area contributed by atoms with Crippen molar-refractivity contribution in [3.63, 3.8) is 0 Å². The Morgan fingerprint density at radius 1 is 1.48 bits per heavy atom. The number of benzene rings is 1. The van der Waals surface area contributed by atoms with E-state index in [9.17, 15) is 4.79 Å². The molecule has 1 aliphatic rings. The van der Waals surface area contributed by atoms with Gasteiger partial charge in [-0.2, -0.15) is 0 Å². The van der Waals surface area contributed by atoms with Gasteiger partial charge in [-0.1, -0.05) is 0 Å². The molecule has 0 radical (unpaired) electrons. The number of fused-ring (bicyclic) bond motifs is 1. The first-order chi connectivity index (χ1) is 11.2. The van der Waals surface area contributed by atoms with Gasteiger partial charge in [-0.15, -0.1) is 11.3 Å². The highest BCUT2D eigenvalue weighted by molar-refractivity contribution is 7.13. The van der Waals surface area contributed by atoms with Crippen molar-refractivity contribution in [1.82, 2.24) is 4.98 Å². The van der Waals surface area contributed by atoms with Crippen LogP contribution in [0.3, 0.4) is 0 Å². The van der Waals surface area contributed by atoms with Crippen LogP contribution in [0.1, 0.15) is 30.0 Å². The van der Waals surface area contributed by atoms with Crippen molar-refractivity contribution in [2.75, 3.05) is 12.4 Å². The minimum Gasteiger partial charge on any atom is -0.497 e. The van der Waals surface area contributed by atoms with Crippen LogP contribution in [0.5, 0.6) is 5.75 Å². The number of nitrogens with zero attached hydrogens (tertiary/aromatic N) is 1. The molecule has 1 fully saturated rings. The first-order valence-electron chi connectivity index (χ1n) is 7.52. The van der Waals surface area contributed by atoms with Gasteiger partial charge in [0, 0.05) is 28.3 Å². The molecule has 4 rings (SSSR count). The number of thiazole rings is 1. The number of nitrogens with one attached hydrogen (secondary N) is 1. The lowest BCUT2D eigenvalue weighted by atomic mass is 10.1. The van der Waals surface area contributed by atoms with E-state index >= 15 is 0 Å². The van der Waals surface area contributed by atoms with Gasteiger partial charge < -0.3 is 14.5 Å². The molecule has 0 atom stereocenters. The van der Waals surface area contributed by atoms with Crippen LogP contribution in [0, 0.1) is 0 Å². The Balaban J connectivity index is 1.47. The van der Waals surface area contributed by atoms with Crippen LogP contribution in [-0.2, 0) is 11.2 Å². The summed E-state index contributed by atoms with van der Waals surface area (Å²) in [6.07, 6.45) is 4.31. The van der Waals surface area contributed by atoms with E-state index in [0.717, 1.165) is 28.0 Å². The topological polar surface area (TPSA) is 64.4 Å². The van der Waals surface area contributed by atoms with E-state index in [1.807, 2.05) is 23.6 Å². The van der Waals surface area contributed by atoms with Gasteiger partial charge in [0.15, 0.2) is 5.13 Å². The highest BCUT2D eigenvalue weighted by atomic mass is 32.1. The molecule has 0 aliphatic heterocycles. The average molecular weight is 328 g/mol. The van der Waals surface area contributed by atoms with Crippen LogP contribution < -0.4 is 10.1 Å². The van der Waals surface area contributed by atoms with Crippen molar-refractivity contribution in [3.05, 3.63) is 41.1 Å². The van der Waals surface area contributed by atoms with Gasteiger partial charge >= 0.3 is 0 Å². The number of aromatic nitrogens is 1. The molecule has 3 aromatic rings. The van der Waals surface area contributed by atoms with Crippen LogP contribution in [0.2, 0.25) is 0 Å². The molecular weight excluding hydrogens is 312 g/mol. The molecule has 6 heteroatoms. The average Bonchev–Trinajstić information content (AvgIpc) is 3.19. The quantitative estimate of drug-likeness (QED) is 0.770. The summed E-state index contributed by atoms with van der Waals surface area (Å²) in [5.74, 6) is 1.25. The van der Waals surface area contributed by atoms with Gasteiger partial charge in [0.2, 0.25) is 5.91 Å². The third-order valence-electron chi connectivity index (χ3n) is 3.98. The fourth-order valence-corrected chi connectivity index (χ4v) is 3.38. The molecule has 0 saturated heterocycles. The summed E-state index contributed by atoms with van der Waals surface area (Å²) in [5, 5.41) is 6.51. The summed E-state index contributed by atoms with van der Waals surface area (Å²) in [7, 11) is 1.61. The number of rotatable bonds is 5. The predicted octanol–water partition coefficient (Wildman–Crippen LogP) is 3.96. The van der Waals surface area contributed by atoms with Gasteiger partial charge in [0.05, 0.1) is 25.5 Å². The Bertz CT molecular complexity index is 864. The van der Waals surface area contributed by atoms with E-state index in [4.69, 9.17) is 9.15 Å². The number of hydrogen-bond donors (Lipinski definition) is 1. The normalized spacial score (nSPS) is 14.1. The molecule has 118 valence electrons. The Kier molecular flexibility index (Phi) is 3.53. The number of carbonyl (C=O) groups excluding carboxylic acids is 1. The van der Waals surface area contributed by atoms with E-state index in [1.54, 1.807) is 13.4 Å². The van der Waals surface area contributed by atoms with Crippen molar-refractivity contribution in [2.24, 2.45) is 0 Å². The molecule has 5 nitrogen and oxygen atoms in total. The van der Waals surface area contributed by atoms with Crippen LogP contribution in [0.4, 0.5) is 5.13 Å². The van der Waals surface area contributed by atoms with Gasteiger partial charge in [-0.05, 0) is 25.0 Å². The van der Waals surface area contributed by atoms with Gasteiger partial charge in [-0.3, -0.25) is 4.79 Å². The molecule has 23 heavy (non-hydrogen) atoms. The molecule has 1 aliphatic carbocycles. The Hall–Kier alpha value is -2.34. The van der Waals surface area contributed by atoms with Crippen molar-refractivity contribution in [2.45, 2.75) is 25.2 Å². The van der Waals surface area contributed by atoms with E-state index < -0.39 is 0 Å². The minimum absolute atomic E-state index is 0.0831. The van der Waals surface area contributed by atoms with Crippen LogP contribution >= 0.6 is 11.3 Å². The number of anilines is 1. The molecule has 2 heterocycles. The predicted molar refractivity (Wildman–Crippen MR) is 89.2 cm³/mol. The summed E-state index contributed by atoms with van der Waals surface area (Å²) in [6.45, 7) is 0. The molecule has 0 unspecified atom stereocenters. The number of carbonyl (C=O) groups is 1. The molecule has 1 saturated carbocycles. The number of hydrogen-bond acceptors (Lipinski definition) is 5. The van der Waals surface area contributed by atoms with E-state index in [2.05, 4.69) is 10.3 Å². The standard InChI is InChI=1S/C17H16N2O3S/c1-21-12-4-5-13-11(8-22-15(13)7-12)6-16(20)19-17-18-14(9-23-17)10-2-3-10/h4-5,7-10H,2-3,6H2,1H3,(H,18,19,20). The van der Waals surface area contributed by atoms with Crippen molar-refractivity contribution < 1.29 is 13.9 Å². The lowest BCUT2D eigenvalue weighted by Gasteiger charge is -2.01. The summed E-state index contributed by atoms with van der Waals surface area (Å²) >= 11 is 1.48. The number of methoxy groups -OCH3 is 1. The van der Waals surface area contributed by atoms with Crippen LogP contribution in [0.15, 0.2) is 34.3 Å². The zero-order valence-corrected chi connectivity index (χ0v) is 13.5. The SMILES string of the molecule is COc1ccc2c(CC(=O)Nc3nc(C4CC4)cs3)coc2c1. The third kappa shape index (κ3) is 2.94. The Morgan fingerprint density at radius 2 is 2.35 bits per heavy atom. The zero-order valence-electron chi connectivity index (χ0n) is 12.7. The smallest absolute Gasteiger partial charge is 0.230 e. The molecule has 1 N–H and O–H groups in total. The van der Waals surface area contributed by atoms with Crippen LogP contribution in [-0.4, -0.2) is 18.0 Å². The summed E-state index contributed by atoms with van der Waals surface area (Å²) in [5.41, 5.74) is 2.68. The Morgan fingerprint density at radius 3 is 3.13 bits per heavy atom. The minimum atomic E-state index is -0.0831. The first kappa shape index (κ1) is 14.3. The number of furan rings is 1. The molecule has 0 bridgehead atoms. The molecule has 0 spiro atoms. The number of ether oxygens (including phenoxy) is 1. The molecular formula is C17H16N2O3S. The van der Waals surface area contributed by atoms with Crippen molar-refractivity contribution >= 4 is 33.3 Å². The first-order valence-corrected chi connectivity index (χ1v) is 8.40. The fourth-order valence-electron chi connectivity index (χ4n) is 2.57. The van der Waals surface area contributed by atoms with Crippen molar-refractivity contribution in [3.8, 4) is 5.75 Å². The highest BCUT2D eigenvalue weighted by Crippen LogP contribution is 2.40. The second kappa shape index (κ2) is 5.70. The lowest BCUT2D eigenvalue weighted by molar-refractivity contribution is -0.115. The van der Waals surface area contributed by atoms with E-state index in [1.165, 1.54) is 24.2 Å². The summed E-state index contributed by atoms with van der Waals surface area (Å²) < 4.78 is 10.7. The Labute approximate surface area is 137 Å². The number of amides is 1. The monoisotopic (exact) mass is 328 g/mol. The lowest BCUT2D eigenvalue weighted by Crippen LogP contribution is -2.14. The largest absolute Gasteiger partial charge is 0.497 e. The maximum atomic E-state index is 12.2. The van der Waals surface area contributed by atoms with Crippen LogP contribution in [0.25, 0.3) is 11.0 Å². The highest BCUT2D eigenvalue weighted by Gasteiger charge is 2.26.